The number of rotatable bonds is 7. The summed E-state index contributed by atoms with van der Waals surface area (Å²) >= 11 is 0. The Morgan fingerprint density at radius 1 is 1.17 bits per heavy atom. The zero-order valence-corrected chi connectivity index (χ0v) is 13.3. The molecule has 2 amide bonds. The molecule has 0 radical (unpaired) electrons. The van der Waals surface area contributed by atoms with Gasteiger partial charge >= 0.3 is 0 Å². The van der Waals surface area contributed by atoms with E-state index in [0.29, 0.717) is 11.6 Å². The molecule has 0 bridgehead atoms. The maximum Gasteiger partial charge on any atom is 0.259 e. The van der Waals surface area contributed by atoms with Crippen LogP contribution in [0.25, 0.3) is 0 Å². The number of carbonyl (C=O) groups excluding carboxylic acids is 2. The quantitative estimate of drug-likeness (QED) is 0.817. The Morgan fingerprint density at radius 3 is 2.50 bits per heavy atom. The standard InChI is InChI=1S/C18H20N4O2/c19-16(23)10-11-22(15-4-2-1-3-5-15)18(24)13-6-9-17(20-12-13)21-14-7-8-14/h1-6,9,12,14H,7-8,10-11H2,(H2,19,23)(H,20,21). The zero-order valence-electron chi connectivity index (χ0n) is 13.3. The van der Waals surface area contributed by atoms with Gasteiger partial charge in [0.15, 0.2) is 0 Å². The number of anilines is 2. The average molecular weight is 324 g/mol. The van der Waals surface area contributed by atoms with E-state index in [1.54, 1.807) is 17.2 Å². The molecule has 1 aromatic heterocycles. The minimum absolute atomic E-state index is 0.107. The van der Waals surface area contributed by atoms with Crippen molar-refractivity contribution in [2.45, 2.75) is 25.3 Å². The number of carbonyl (C=O) groups is 2. The number of aromatic nitrogens is 1. The lowest BCUT2D eigenvalue weighted by Gasteiger charge is -2.22. The van der Waals surface area contributed by atoms with Crippen LogP contribution in [0.4, 0.5) is 11.5 Å². The highest BCUT2D eigenvalue weighted by molar-refractivity contribution is 6.06. The maximum atomic E-state index is 12.8. The van der Waals surface area contributed by atoms with Gasteiger partial charge in [0.05, 0.1) is 5.56 Å². The van der Waals surface area contributed by atoms with Crippen LogP contribution in [0.2, 0.25) is 0 Å². The van der Waals surface area contributed by atoms with Crippen molar-refractivity contribution < 1.29 is 9.59 Å². The molecule has 0 aliphatic heterocycles. The first-order valence-corrected chi connectivity index (χ1v) is 8.01. The molecule has 3 rings (SSSR count). The Labute approximate surface area is 140 Å². The molecule has 124 valence electrons. The lowest BCUT2D eigenvalue weighted by Crippen LogP contribution is -2.34. The first-order valence-electron chi connectivity index (χ1n) is 8.01. The third-order valence-corrected chi connectivity index (χ3v) is 3.83. The van der Waals surface area contributed by atoms with Gasteiger partial charge in [0.25, 0.3) is 5.91 Å². The fourth-order valence-electron chi connectivity index (χ4n) is 2.38. The number of benzene rings is 1. The molecular weight excluding hydrogens is 304 g/mol. The fraction of sp³-hybridized carbons (Fsp3) is 0.278. The Kier molecular flexibility index (Phi) is 4.74. The van der Waals surface area contributed by atoms with E-state index < -0.39 is 5.91 Å². The fourth-order valence-corrected chi connectivity index (χ4v) is 2.38. The van der Waals surface area contributed by atoms with E-state index in [-0.39, 0.29) is 18.9 Å². The van der Waals surface area contributed by atoms with Crippen LogP contribution in [0.1, 0.15) is 29.6 Å². The smallest absolute Gasteiger partial charge is 0.259 e. The summed E-state index contributed by atoms with van der Waals surface area (Å²) in [4.78, 5) is 29.8. The monoisotopic (exact) mass is 324 g/mol. The molecule has 3 N–H and O–H groups in total. The molecular formula is C18H20N4O2. The van der Waals surface area contributed by atoms with E-state index in [2.05, 4.69) is 10.3 Å². The second-order valence-corrected chi connectivity index (χ2v) is 5.86. The van der Waals surface area contributed by atoms with Gasteiger partial charge in [-0.2, -0.15) is 0 Å². The summed E-state index contributed by atoms with van der Waals surface area (Å²) in [7, 11) is 0. The lowest BCUT2D eigenvalue weighted by molar-refractivity contribution is -0.117. The third-order valence-electron chi connectivity index (χ3n) is 3.83. The van der Waals surface area contributed by atoms with Crippen LogP contribution in [0.3, 0.4) is 0 Å². The average Bonchev–Trinajstić information content (AvgIpc) is 3.40. The molecule has 0 atom stereocenters. The highest BCUT2D eigenvalue weighted by Crippen LogP contribution is 2.24. The molecule has 0 spiro atoms. The van der Waals surface area contributed by atoms with Crippen molar-refractivity contribution >= 4 is 23.3 Å². The molecule has 24 heavy (non-hydrogen) atoms. The van der Waals surface area contributed by atoms with Crippen molar-refractivity contribution in [3.05, 3.63) is 54.2 Å². The molecule has 0 unspecified atom stereocenters. The summed E-state index contributed by atoms with van der Waals surface area (Å²) in [6.07, 6.45) is 4.00. The van der Waals surface area contributed by atoms with Crippen LogP contribution in [0, 0.1) is 0 Å². The summed E-state index contributed by atoms with van der Waals surface area (Å²) in [6, 6.07) is 13.3. The first-order chi connectivity index (χ1) is 11.6. The second-order valence-electron chi connectivity index (χ2n) is 5.86. The molecule has 1 heterocycles. The summed E-state index contributed by atoms with van der Waals surface area (Å²) < 4.78 is 0. The van der Waals surface area contributed by atoms with Crippen molar-refractivity contribution in [1.29, 1.82) is 0 Å². The number of nitrogens with one attached hydrogen (secondary N) is 1. The molecule has 1 aliphatic carbocycles. The largest absolute Gasteiger partial charge is 0.370 e. The van der Waals surface area contributed by atoms with Gasteiger partial charge in [-0.3, -0.25) is 9.59 Å². The van der Waals surface area contributed by atoms with E-state index in [9.17, 15) is 9.59 Å². The number of hydrogen-bond acceptors (Lipinski definition) is 4. The number of hydrogen-bond donors (Lipinski definition) is 2. The van der Waals surface area contributed by atoms with Gasteiger partial charge in [-0.05, 0) is 37.1 Å². The highest BCUT2D eigenvalue weighted by atomic mass is 16.2. The minimum Gasteiger partial charge on any atom is -0.370 e. The number of nitrogens with zero attached hydrogens (tertiary/aromatic N) is 2. The molecule has 1 fully saturated rings. The van der Waals surface area contributed by atoms with Crippen LogP contribution >= 0.6 is 0 Å². The number of para-hydroxylation sites is 1. The SMILES string of the molecule is NC(=O)CCN(C(=O)c1ccc(NC2CC2)nc1)c1ccccc1. The van der Waals surface area contributed by atoms with Crippen molar-refractivity contribution in [3.63, 3.8) is 0 Å². The third kappa shape index (κ3) is 4.10. The van der Waals surface area contributed by atoms with Crippen LogP contribution in [0.5, 0.6) is 0 Å². The summed E-state index contributed by atoms with van der Waals surface area (Å²) in [5.74, 6) is 0.135. The highest BCUT2D eigenvalue weighted by Gasteiger charge is 2.22. The van der Waals surface area contributed by atoms with Gasteiger partial charge in [0, 0.05) is 30.9 Å². The van der Waals surface area contributed by atoms with Crippen molar-refractivity contribution in [1.82, 2.24) is 4.98 Å². The summed E-state index contributed by atoms with van der Waals surface area (Å²) in [6.45, 7) is 0.236. The number of nitrogens with two attached hydrogens (primary N) is 1. The maximum absolute atomic E-state index is 12.8. The minimum atomic E-state index is -0.439. The Hall–Kier alpha value is -2.89. The van der Waals surface area contributed by atoms with Crippen LogP contribution < -0.4 is 16.0 Å². The van der Waals surface area contributed by atoms with Gasteiger partial charge in [-0.25, -0.2) is 4.98 Å². The number of amides is 2. The topological polar surface area (TPSA) is 88.3 Å². The number of primary amides is 1. The zero-order chi connectivity index (χ0) is 16.9. The van der Waals surface area contributed by atoms with Crippen LogP contribution in [-0.2, 0) is 4.79 Å². The summed E-state index contributed by atoms with van der Waals surface area (Å²) in [5, 5.41) is 3.29. The van der Waals surface area contributed by atoms with Crippen LogP contribution in [0.15, 0.2) is 48.7 Å². The predicted molar refractivity (Wildman–Crippen MR) is 92.8 cm³/mol. The molecule has 2 aromatic rings. The van der Waals surface area contributed by atoms with Crippen LogP contribution in [-0.4, -0.2) is 29.4 Å². The second kappa shape index (κ2) is 7.12. The van der Waals surface area contributed by atoms with E-state index in [1.807, 2.05) is 36.4 Å². The lowest BCUT2D eigenvalue weighted by atomic mass is 10.2. The molecule has 6 heteroatoms. The van der Waals surface area contributed by atoms with Gasteiger partial charge in [-0.1, -0.05) is 18.2 Å². The Balaban J connectivity index is 1.77. The van der Waals surface area contributed by atoms with Crippen molar-refractivity contribution in [2.75, 3.05) is 16.8 Å². The van der Waals surface area contributed by atoms with Crippen molar-refractivity contribution in [3.8, 4) is 0 Å². The van der Waals surface area contributed by atoms with Gasteiger partial charge < -0.3 is 16.0 Å². The molecule has 1 aliphatic rings. The van der Waals surface area contributed by atoms with E-state index in [0.717, 1.165) is 24.3 Å². The Morgan fingerprint density at radius 2 is 1.92 bits per heavy atom. The first kappa shape index (κ1) is 16.0. The van der Waals surface area contributed by atoms with E-state index in [1.165, 1.54) is 0 Å². The van der Waals surface area contributed by atoms with Gasteiger partial charge in [-0.15, -0.1) is 0 Å². The molecule has 0 saturated heterocycles. The van der Waals surface area contributed by atoms with E-state index >= 15 is 0 Å². The normalized spacial score (nSPS) is 13.3. The predicted octanol–water partition coefficient (Wildman–Crippen LogP) is 2.18. The molecule has 1 saturated carbocycles. The molecule has 6 nitrogen and oxygen atoms in total. The van der Waals surface area contributed by atoms with Crippen molar-refractivity contribution in [2.24, 2.45) is 5.73 Å². The van der Waals surface area contributed by atoms with E-state index in [4.69, 9.17) is 5.73 Å². The Bertz CT molecular complexity index is 712. The number of pyridine rings is 1. The molecule has 1 aromatic carbocycles. The van der Waals surface area contributed by atoms with Gasteiger partial charge in [0.2, 0.25) is 5.91 Å². The summed E-state index contributed by atoms with van der Waals surface area (Å²) in [5.41, 5.74) is 6.43. The van der Waals surface area contributed by atoms with Gasteiger partial charge in [0.1, 0.15) is 5.82 Å².